The molecule has 2 rings (SSSR count). The first kappa shape index (κ1) is 16.9. The molecular weight excluding hydrogens is 288 g/mol. The maximum atomic E-state index is 12.0. The molecule has 0 saturated heterocycles. The predicted octanol–water partition coefficient (Wildman–Crippen LogP) is 3.05. The van der Waals surface area contributed by atoms with Gasteiger partial charge in [0.1, 0.15) is 11.5 Å². The third kappa shape index (κ3) is 6.06. The van der Waals surface area contributed by atoms with Gasteiger partial charge in [-0.05, 0) is 24.8 Å². The molecule has 0 aliphatic carbocycles. The van der Waals surface area contributed by atoms with E-state index in [2.05, 4.69) is 39.7 Å². The third-order valence-corrected chi connectivity index (χ3v) is 3.49. The number of amides is 1. The molecule has 5 heteroatoms. The predicted molar refractivity (Wildman–Crippen MR) is 92.5 cm³/mol. The number of hydrogen-bond donors (Lipinski definition) is 2. The highest BCUT2D eigenvalue weighted by molar-refractivity contribution is 5.91. The van der Waals surface area contributed by atoms with Crippen molar-refractivity contribution < 1.29 is 4.79 Å². The van der Waals surface area contributed by atoms with Gasteiger partial charge in [-0.15, -0.1) is 0 Å². The van der Waals surface area contributed by atoms with E-state index in [9.17, 15) is 4.79 Å². The quantitative estimate of drug-likeness (QED) is 0.698. The van der Waals surface area contributed by atoms with Crippen LogP contribution in [0.5, 0.6) is 0 Å². The van der Waals surface area contributed by atoms with Gasteiger partial charge in [-0.25, -0.2) is 9.97 Å². The largest absolute Gasteiger partial charge is 0.369 e. The Hall–Kier alpha value is -2.43. The number of aryl methyl sites for hydroxylation is 1. The van der Waals surface area contributed by atoms with Crippen LogP contribution in [0.4, 0.5) is 5.82 Å². The van der Waals surface area contributed by atoms with Crippen molar-refractivity contribution in [2.45, 2.75) is 32.6 Å². The van der Waals surface area contributed by atoms with Crippen molar-refractivity contribution in [3.05, 3.63) is 54.0 Å². The van der Waals surface area contributed by atoms with Gasteiger partial charge in [0, 0.05) is 13.1 Å². The van der Waals surface area contributed by atoms with E-state index in [1.54, 1.807) is 6.20 Å². The van der Waals surface area contributed by atoms with Crippen LogP contribution in [0.1, 0.15) is 42.2 Å². The minimum absolute atomic E-state index is 0.175. The lowest BCUT2D eigenvalue weighted by atomic mass is 10.1. The third-order valence-electron chi connectivity index (χ3n) is 3.49. The number of rotatable bonds is 9. The topological polar surface area (TPSA) is 66.9 Å². The molecule has 0 saturated carbocycles. The molecule has 0 fully saturated rings. The molecule has 23 heavy (non-hydrogen) atoms. The fourth-order valence-corrected chi connectivity index (χ4v) is 2.16. The number of carbonyl (C=O) groups excluding carboxylic acids is 1. The van der Waals surface area contributed by atoms with Gasteiger partial charge >= 0.3 is 0 Å². The molecule has 1 aromatic carbocycles. The number of nitrogens with zero attached hydrogens (tertiary/aromatic N) is 2. The van der Waals surface area contributed by atoms with Crippen LogP contribution < -0.4 is 10.6 Å². The van der Waals surface area contributed by atoms with Crippen molar-refractivity contribution >= 4 is 11.7 Å². The number of unbranched alkanes of at least 4 members (excludes halogenated alkanes) is 1. The molecule has 1 amide bonds. The van der Waals surface area contributed by atoms with Gasteiger partial charge in [-0.3, -0.25) is 4.79 Å². The van der Waals surface area contributed by atoms with Crippen molar-refractivity contribution in [3.8, 4) is 0 Å². The van der Waals surface area contributed by atoms with E-state index in [0.29, 0.717) is 18.1 Å². The summed E-state index contributed by atoms with van der Waals surface area (Å²) in [5.41, 5.74) is 1.63. The summed E-state index contributed by atoms with van der Waals surface area (Å²) in [6, 6.07) is 10.2. The van der Waals surface area contributed by atoms with Crippen LogP contribution in [-0.4, -0.2) is 29.0 Å². The Morgan fingerprint density at radius 2 is 1.87 bits per heavy atom. The molecule has 0 bridgehead atoms. The maximum Gasteiger partial charge on any atom is 0.271 e. The van der Waals surface area contributed by atoms with Gasteiger partial charge in [0.05, 0.1) is 12.4 Å². The Morgan fingerprint density at radius 3 is 2.57 bits per heavy atom. The molecule has 2 aromatic rings. The van der Waals surface area contributed by atoms with Crippen molar-refractivity contribution in [1.29, 1.82) is 0 Å². The lowest BCUT2D eigenvalue weighted by Gasteiger charge is -2.06. The summed E-state index contributed by atoms with van der Waals surface area (Å²) in [7, 11) is 0. The second kappa shape index (κ2) is 9.56. The molecule has 0 aliphatic rings. The average molecular weight is 312 g/mol. The zero-order chi connectivity index (χ0) is 16.3. The monoisotopic (exact) mass is 312 g/mol. The lowest BCUT2D eigenvalue weighted by Crippen LogP contribution is -2.25. The van der Waals surface area contributed by atoms with E-state index >= 15 is 0 Å². The van der Waals surface area contributed by atoms with Crippen LogP contribution in [0.2, 0.25) is 0 Å². The number of benzene rings is 1. The minimum atomic E-state index is -0.175. The smallest absolute Gasteiger partial charge is 0.271 e. The van der Waals surface area contributed by atoms with E-state index in [4.69, 9.17) is 0 Å². The lowest BCUT2D eigenvalue weighted by molar-refractivity contribution is 0.0948. The van der Waals surface area contributed by atoms with Gasteiger partial charge < -0.3 is 10.6 Å². The summed E-state index contributed by atoms with van der Waals surface area (Å²) in [4.78, 5) is 20.4. The van der Waals surface area contributed by atoms with Crippen molar-refractivity contribution in [2.24, 2.45) is 0 Å². The number of aromatic nitrogens is 2. The van der Waals surface area contributed by atoms with E-state index in [1.165, 1.54) is 11.8 Å². The minimum Gasteiger partial charge on any atom is -0.369 e. The van der Waals surface area contributed by atoms with Crippen LogP contribution in [-0.2, 0) is 6.42 Å². The highest BCUT2D eigenvalue weighted by Gasteiger charge is 2.07. The molecular formula is C18H24N4O. The number of anilines is 1. The van der Waals surface area contributed by atoms with Crippen LogP contribution in [0.15, 0.2) is 42.7 Å². The molecule has 0 spiro atoms. The Bertz CT molecular complexity index is 584. The summed E-state index contributed by atoms with van der Waals surface area (Å²) in [6.07, 6.45) is 7.19. The Morgan fingerprint density at radius 1 is 1.04 bits per heavy atom. The first-order valence-electron chi connectivity index (χ1n) is 8.17. The summed E-state index contributed by atoms with van der Waals surface area (Å²) < 4.78 is 0. The standard InChI is InChI=1S/C18H24N4O/c1-2-3-11-19-17-14-21-16(13-22-17)18(23)20-12-7-10-15-8-5-4-6-9-15/h4-6,8-9,13-14H,2-3,7,10-12H2,1H3,(H,19,22)(H,20,23). The van der Waals surface area contributed by atoms with Crippen molar-refractivity contribution in [1.82, 2.24) is 15.3 Å². The fourth-order valence-electron chi connectivity index (χ4n) is 2.16. The summed E-state index contributed by atoms with van der Waals surface area (Å²) in [5.74, 6) is 0.532. The van der Waals surface area contributed by atoms with Crippen LogP contribution in [0.25, 0.3) is 0 Å². The van der Waals surface area contributed by atoms with Crippen LogP contribution >= 0.6 is 0 Å². The summed E-state index contributed by atoms with van der Waals surface area (Å²) in [5, 5.41) is 6.06. The Balaban J connectivity index is 1.70. The van der Waals surface area contributed by atoms with E-state index in [1.807, 2.05) is 18.2 Å². The molecule has 1 aromatic heterocycles. The molecule has 122 valence electrons. The Labute approximate surface area is 137 Å². The molecule has 0 radical (unpaired) electrons. The van der Waals surface area contributed by atoms with Gasteiger partial charge in [0.25, 0.3) is 5.91 Å². The molecule has 5 nitrogen and oxygen atoms in total. The zero-order valence-electron chi connectivity index (χ0n) is 13.6. The molecule has 0 unspecified atom stereocenters. The van der Waals surface area contributed by atoms with Gasteiger partial charge in [0.2, 0.25) is 0 Å². The second-order valence-corrected chi connectivity index (χ2v) is 5.41. The highest BCUT2D eigenvalue weighted by atomic mass is 16.1. The van der Waals surface area contributed by atoms with E-state index < -0.39 is 0 Å². The normalized spacial score (nSPS) is 10.3. The molecule has 1 heterocycles. The van der Waals surface area contributed by atoms with Gasteiger partial charge in [0.15, 0.2) is 0 Å². The number of nitrogens with one attached hydrogen (secondary N) is 2. The SMILES string of the molecule is CCCCNc1cnc(C(=O)NCCCc2ccccc2)cn1. The van der Waals surface area contributed by atoms with Gasteiger partial charge in [-0.1, -0.05) is 43.7 Å². The number of hydrogen-bond acceptors (Lipinski definition) is 4. The molecule has 0 atom stereocenters. The van der Waals surface area contributed by atoms with Gasteiger partial charge in [-0.2, -0.15) is 0 Å². The first-order valence-corrected chi connectivity index (χ1v) is 8.17. The number of carbonyl (C=O) groups is 1. The molecule has 2 N–H and O–H groups in total. The van der Waals surface area contributed by atoms with Crippen LogP contribution in [0, 0.1) is 0 Å². The van der Waals surface area contributed by atoms with Crippen molar-refractivity contribution in [2.75, 3.05) is 18.4 Å². The highest BCUT2D eigenvalue weighted by Crippen LogP contribution is 2.03. The average Bonchev–Trinajstić information content (AvgIpc) is 2.60. The van der Waals surface area contributed by atoms with Crippen molar-refractivity contribution in [3.63, 3.8) is 0 Å². The maximum absolute atomic E-state index is 12.0. The fraction of sp³-hybridized carbons (Fsp3) is 0.389. The van der Waals surface area contributed by atoms with E-state index in [-0.39, 0.29) is 5.91 Å². The molecule has 0 aliphatic heterocycles. The Kier molecular flexibility index (Phi) is 7.04. The zero-order valence-corrected chi connectivity index (χ0v) is 13.6. The second-order valence-electron chi connectivity index (χ2n) is 5.41. The summed E-state index contributed by atoms with van der Waals surface area (Å²) >= 11 is 0. The summed E-state index contributed by atoms with van der Waals surface area (Å²) in [6.45, 7) is 3.64. The van der Waals surface area contributed by atoms with E-state index in [0.717, 1.165) is 32.2 Å². The van der Waals surface area contributed by atoms with Crippen LogP contribution in [0.3, 0.4) is 0 Å². The first-order chi connectivity index (χ1) is 11.3.